The molecule has 1 heterocycles. The first-order valence-electron chi connectivity index (χ1n) is 6.75. The number of rotatable bonds is 1. The Morgan fingerprint density at radius 1 is 1.32 bits per heavy atom. The number of amides is 1. The molecule has 1 aromatic carbocycles. The number of alkyl halides is 1. The molecule has 0 radical (unpaired) electrons. The van der Waals surface area contributed by atoms with Crippen LogP contribution in [0, 0.1) is 5.92 Å². The molecule has 2 nitrogen and oxygen atoms in total. The number of fused-ring (bicyclic) bond motifs is 3. The predicted molar refractivity (Wildman–Crippen MR) is 78.6 cm³/mol. The van der Waals surface area contributed by atoms with Crippen molar-refractivity contribution >= 4 is 34.7 Å². The van der Waals surface area contributed by atoms with E-state index >= 15 is 0 Å². The van der Waals surface area contributed by atoms with Crippen LogP contribution in [0.1, 0.15) is 41.6 Å². The molecule has 19 heavy (non-hydrogen) atoms. The van der Waals surface area contributed by atoms with Crippen LogP contribution in [-0.2, 0) is 0 Å². The quantitative estimate of drug-likeness (QED) is 0.584. The van der Waals surface area contributed by atoms with Crippen LogP contribution in [0.25, 0.3) is 0 Å². The van der Waals surface area contributed by atoms with E-state index in [-0.39, 0.29) is 16.8 Å². The maximum absolute atomic E-state index is 12.7. The van der Waals surface area contributed by atoms with Gasteiger partial charge in [-0.15, -0.1) is 11.6 Å². The Morgan fingerprint density at radius 3 is 2.63 bits per heavy atom. The van der Waals surface area contributed by atoms with Crippen molar-refractivity contribution < 1.29 is 4.79 Å². The van der Waals surface area contributed by atoms with Gasteiger partial charge in [-0.25, -0.2) is 0 Å². The fraction of sp³-hybridized carbons (Fsp3) is 0.467. The maximum Gasteiger partial charge on any atom is 0.260 e. The summed E-state index contributed by atoms with van der Waals surface area (Å²) in [5, 5.41) is 0.0439. The first-order chi connectivity index (χ1) is 9.13. The molecule has 4 rings (SSSR count). The van der Waals surface area contributed by atoms with Crippen molar-refractivity contribution in [3.05, 3.63) is 35.4 Å². The van der Waals surface area contributed by atoms with Gasteiger partial charge in [0.15, 0.2) is 0 Å². The molecular weight excluding hydrogens is 278 g/mol. The molecule has 0 saturated heterocycles. The van der Waals surface area contributed by atoms with Gasteiger partial charge in [0.2, 0.25) is 0 Å². The summed E-state index contributed by atoms with van der Waals surface area (Å²) in [6.07, 6.45) is 4.20. The standard InChI is InChI=1S/C15H14ClNOS/c16-12-7-9-5-6-15(12,8-9)17-13(18)10-3-1-2-4-11(10)14(17)19/h1-4,9,12H,5-8H2. The van der Waals surface area contributed by atoms with Crippen LogP contribution >= 0.6 is 23.8 Å². The zero-order valence-electron chi connectivity index (χ0n) is 10.4. The average molecular weight is 292 g/mol. The summed E-state index contributed by atoms with van der Waals surface area (Å²) in [4.78, 5) is 15.2. The van der Waals surface area contributed by atoms with Crippen molar-refractivity contribution in [2.45, 2.75) is 36.6 Å². The van der Waals surface area contributed by atoms with E-state index in [1.807, 2.05) is 29.2 Å². The van der Waals surface area contributed by atoms with Crippen molar-refractivity contribution in [3.8, 4) is 0 Å². The van der Waals surface area contributed by atoms with Crippen LogP contribution in [-0.4, -0.2) is 26.7 Å². The lowest BCUT2D eigenvalue weighted by molar-refractivity contribution is 0.0722. The Hall–Kier alpha value is -0.930. The molecule has 4 heteroatoms. The van der Waals surface area contributed by atoms with E-state index in [1.165, 1.54) is 6.42 Å². The summed E-state index contributed by atoms with van der Waals surface area (Å²) in [6.45, 7) is 0. The first-order valence-corrected chi connectivity index (χ1v) is 7.60. The second kappa shape index (κ2) is 3.80. The maximum atomic E-state index is 12.7. The third-order valence-electron chi connectivity index (χ3n) is 4.99. The van der Waals surface area contributed by atoms with Crippen LogP contribution in [0.4, 0.5) is 0 Å². The number of halogens is 1. The molecule has 2 bridgehead atoms. The van der Waals surface area contributed by atoms with Gasteiger partial charge in [-0.05, 0) is 37.7 Å². The summed E-state index contributed by atoms with van der Waals surface area (Å²) in [5.74, 6) is 0.718. The van der Waals surface area contributed by atoms with Crippen LogP contribution in [0.3, 0.4) is 0 Å². The fourth-order valence-electron chi connectivity index (χ4n) is 4.09. The molecule has 0 aromatic heterocycles. The Labute approximate surface area is 122 Å². The first kappa shape index (κ1) is 11.9. The van der Waals surface area contributed by atoms with Crippen LogP contribution in [0.15, 0.2) is 24.3 Å². The van der Waals surface area contributed by atoms with E-state index in [1.54, 1.807) is 0 Å². The molecule has 98 valence electrons. The highest BCUT2D eigenvalue weighted by molar-refractivity contribution is 7.80. The second-order valence-corrected chi connectivity index (χ2v) is 6.82. The highest BCUT2D eigenvalue weighted by Crippen LogP contribution is 2.55. The summed E-state index contributed by atoms with van der Waals surface area (Å²) >= 11 is 12.1. The summed E-state index contributed by atoms with van der Waals surface area (Å²) in [5.41, 5.74) is 1.41. The van der Waals surface area contributed by atoms with Gasteiger partial charge in [0, 0.05) is 5.56 Å². The zero-order valence-corrected chi connectivity index (χ0v) is 12.0. The van der Waals surface area contributed by atoms with Gasteiger partial charge in [-0.2, -0.15) is 0 Å². The lowest BCUT2D eigenvalue weighted by Gasteiger charge is -2.40. The highest BCUT2D eigenvalue weighted by Gasteiger charge is 2.58. The summed E-state index contributed by atoms with van der Waals surface area (Å²) in [6, 6.07) is 7.64. The number of benzene rings is 1. The molecule has 0 N–H and O–H groups in total. The minimum Gasteiger partial charge on any atom is -0.291 e. The number of carbonyl (C=O) groups excluding carboxylic acids is 1. The lowest BCUT2D eigenvalue weighted by Crippen LogP contribution is -2.53. The second-order valence-electron chi connectivity index (χ2n) is 5.91. The fourth-order valence-corrected chi connectivity index (χ4v) is 5.08. The lowest BCUT2D eigenvalue weighted by atomic mass is 9.91. The largest absolute Gasteiger partial charge is 0.291 e. The minimum absolute atomic E-state index is 0.0439. The normalized spacial score (nSPS) is 36.2. The molecule has 2 saturated carbocycles. The molecule has 3 aliphatic rings. The molecule has 3 unspecified atom stereocenters. The van der Waals surface area contributed by atoms with Gasteiger partial charge in [-0.1, -0.05) is 30.4 Å². The molecular formula is C15H14ClNOS. The van der Waals surface area contributed by atoms with Gasteiger partial charge in [0.25, 0.3) is 5.91 Å². The molecule has 1 amide bonds. The number of carbonyl (C=O) groups is 1. The van der Waals surface area contributed by atoms with Gasteiger partial charge in [0.1, 0.15) is 4.99 Å². The number of hydrogen-bond donors (Lipinski definition) is 0. The monoisotopic (exact) mass is 291 g/mol. The molecule has 0 spiro atoms. The third kappa shape index (κ3) is 1.38. The molecule has 1 aromatic rings. The van der Waals surface area contributed by atoms with Gasteiger partial charge in [0.05, 0.1) is 16.5 Å². The number of nitrogens with zero attached hydrogens (tertiary/aromatic N) is 1. The smallest absolute Gasteiger partial charge is 0.260 e. The van der Waals surface area contributed by atoms with E-state index in [0.717, 1.165) is 30.4 Å². The average Bonchev–Trinajstić information content (AvgIpc) is 3.02. The van der Waals surface area contributed by atoms with Crippen LogP contribution in [0.5, 0.6) is 0 Å². The molecule has 2 aliphatic carbocycles. The van der Waals surface area contributed by atoms with Gasteiger partial charge >= 0.3 is 0 Å². The van der Waals surface area contributed by atoms with Gasteiger partial charge < -0.3 is 0 Å². The van der Waals surface area contributed by atoms with E-state index in [9.17, 15) is 4.79 Å². The van der Waals surface area contributed by atoms with Crippen molar-refractivity contribution in [1.82, 2.24) is 4.90 Å². The van der Waals surface area contributed by atoms with Crippen LogP contribution in [0.2, 0.25) is 0 Å². The Kier molecular flexibility index (Phi) is 2.37. The van der Waals surface area contributed by atoms with Crippen LogP contribution < -0.4 is 0 Å². The Bertz CT molecular complexity index is 567. The number of thiocarbonyl (C=S) groups is 1. The van der Waals surface area contributed by atoms with E-state index in [2.05, 4.69) is 0 Å². The Balaban J connectivity index is 1.83. The molecule has 1 aliphatic heterocycles. The molecule has 2 fully saturated rings. The van der Waals surface area contributed by atoms with Crippen molar-refractivity contribution in [2.75, 3.05) is 0 Å². The van der Waals surface area contributed by atoms with Gasteiger partial charge in [-0.3, -0.25) is 9.69 Å². The third-order valence-corrected chi connectivity index (χ3v) is 5.98. The predicted octanol–water partition coefficient (Wildman–Crippen LogP) is 3.37. The van der Waals surface area contributed by atoms with Crippen molar-refractivity contribution in [1.29, 1.82) is 0 Å². The van der Waals surface area contributed by atoms with Crippen molar-refractivity contribution in [3.63, 3.8) is 0 Å². The Morgan fingerprint density at radius 2 is 2.05 bits per heavy atom. The SMILES string of the molecule is O=C1c2ccccc2C(=S)N1C12CCC(CC1Cl)C2. The van der Waals surface area contributed by atoms with E-state index in [4.69, 9.17) is 23.8 Å². The van der Waals surface area contributed by atoms with E-state index in [0.29, 0.717) is 10.9 Å². The van der Waals surface area contributed by atoms with Crippen molar-refractivity contribution in [2.24, 2.45) is 5.92 Å². The number of hydrogen-bond acceptors (Lipinski definition) is 2. The summed E-state index contributed by atoms with van der Waals surface area (Å²) in [7, 11) is 0. The topological polar surface area (TPSA) is 20.3 Å². The van der Waals surface area contributed by atoms with E-state index < -0.39 is 0 Å². The highest BCUT2D eigenvalue weighted by atomic mass is 35.5. The zero-order chi connectivity index (χ0) is 13.2. The summed E-state index contributed by atoms with van der Waals surface area (Å²) < 4.78 is 0. The minimum atomic E-state index is -0.223. The molecule has 3 atom stereocenters.